The number of hydrogen-bond acceptors (Lipinski definition) is 4. The summed E-state index contributed by atoms with van der Waals surface area (Å²) >= 11 is 1.37. The van der Waals surface area contributed by atoms with E-state index in [2.05, 4.69) is 27.2 Å². The van der Waals surface area contributed by atoms with Crippen LogP contribution >= 0.6 is 11.3 Å². The van der Waals surface area contributed by atoms with E-state index in [-0.39, 0.29) is 11.8 Å². The number of aliphatic imine (C=N–C) groups is 1. The largest absolute Gasteiger partial charge is 0.338 e. The van der Waals surface area contributed by atoms with Crippen molar-refractivity contribution < 1.29 is 9.18 Å². The van der Waals surface area contributed by atoms with Gasteiger partial charge in [-0.2, -0.15) is 0 Å². The van der Waals surface area contributed by atoms with Gasteiger partial charge in [0.15, 0.2) is 5.13 Å². The van der Waals surface area contributed by atoms with Crippen LogP contribution in [0.15, 0.2) is 60.1 Å². The number of fused-ring (bicyclic) bond motifs is 1. The molecule has 0 saturated carbocycles. The molecule has 2 amide bonds. The number of thiazole rings is 1. The number of anilines is 1. The maximum Gasteiger partial charge on any atom is 0.321 e. The number of rotatable bonds is 6. The Hall–Kier alpha value is -3.32. The van der Waals surface area contributed by atoms with Crippen molar-refractivity contribution in [1.82, 2.24) is 10.3 Å². The van der Waals surface area contributed by atoms with Crippen molar-refractivity contribution in [3.8, 4) is 11.1 Å². The van der Waals surface area contributed by atoms with Gasteiger partial charge in [-0.25, -0.2) is 14.2 Å². The van der Waals surface area contributed by atoms with Gasteiger partial charge in [0.05, 0.1) is 10.2 Å². The summed E-state index contributed by atoms with van der Waals surface area (Å²) < 4.78 is 14.7. The van der Waals surface area contributed by atoms with Crippen molar-refractivity contribution in [2.45, 2.75) is 6.92 Å². The summed E-state index contributed by atoms with van der Waals surface area (Å²) in [7, 11) is 1.69. The van der Waals surface area contributed by atoms with E-state index in [0.717, 1.165) is 27.0 Å². The lowest BCUT2D eigenvalue weighted by Crippen LogP contribution is -2.28. The summed E-state index contributed by atoms with van der Waals surface area (Å²) in [6.45, 7) is 6.14. The van der Waals surface area contributed by atoms with Gasteiger partial charge in [-0.3, -0.25) is 10.3 Å². The fourth-order valence-corrected chi connectivity index (χ4v) is 3.88. The summed E-state index contributed by atoms with van der Waals surface area (Å²) in [5.74, 6) is -0.307. The molecule has 0 bridgehead atoms. The van der Waals surface area contributed by atoms with E-state index >= 15 is 0 Å². The SMILES string of the molecule is C=C/C=C(\C=NC)c1cc(-c2cccc(F)c2)cc2nc(NC(=O)NCC)sc12. The summed E-state index contributed by atoms with van der Waals surface area (Å²) in [5.41, 5.74) is 4.00. The molecule has 3 rings (SSSR count). The van der Waals surface area contributed by atoms with Crippen LogP contribution < -0.4 is 10.6 Å². The Kier molecular flexibility index (Phi) is 6.51. The lowest BCUT2D eigenvalue weighted by Gasteiger charge is -2.08. The molecule has 0 aliphatic carbocycles. The first-order valence-electron chi connectivity index (χ1n) is 9.06. The van der Waals surface area contributed by atoms with E-state index in [1.54, 1.807) is 25.4 Å². The molecule has 7 heteroatoms. The van der Waals surface area contributed by atoms with Crippen molar-refractivity contribution in [1.29, 1.82) is 0 Å². The average molecular weight is 409 g/mol. The lowest BCUT2D eigenvalue weighted by molar-refractivity contribution is 0.252. The van der Waals surface area contributed by atoms with E-state index in [0.29, 0.717) is 17.2 Å². The van der Waals surface area contributed by atoms with Crippen LogP contribution in [0.5, 0.6) is 0 Å². The second-order valence-electron chi connectivity index (χ2n) is 6.13. The molecular formula is C22H21FN4OS. The number of halogens is 1. The molecule has 2 aromatic carbocycles. The van der Waals surface area contributed by atoms with Gasteiger partial charge in [-0.15, -0.1) is 0 Å². The zero-order valence-electron chi connectivity index (χ0n) is 16.2. The molecule has 5 nitrogen and oxygen atoms in total. The van der Waals surface area contributed by atoms with Gasteiger partial charge in [0.25, 0.3) is 0 Å². The molecule has 3 aromatic rings. The topological polar surface area (TPSA) is 66.4 Å². The monoisotopic (exact) mass is 408 g/mol. The maximum absolute atomic E-state index is 13.8. The molecule has 0 radical (unpaired) electrons. The van der Waals surface area contributed by atoms with Gasteiger partial charge in [-0.05, 0) is 42.3 Å². The summed E-state index contributed by atoms with van der Waals surface area (Å²) in [5, 5.41) is 5.93. The number of nitrogens with zero attached hydrogens (tertiary/aromatic N) is 2. The average Bonchev–Trinajstić information content (AvgIpc) is 3.09. The highest BCUT2D eigenvalue weighted by Gasteiger charge is 2.15. The predicted octanol–water partition coefficient (Wildman–Crippen LogP) is 5.51. The van der Waals surface area contributed by atoms with Gasteiger partial charge < -0.3 is 5.32 Å². The van der Waals surface area contributed by atoms with Gasteiger partial charge >= 0.3 is 6.03 Å². The first-order valence-corrected chi connectivity index (χ1v) is 9.88. The van der Waals surface area contributed by atoms with Gasteiger partial charge in [0.1, 0.15) is 5.82 Å². The zero-order chi connectivity index (χ0) is 20.8. The molecule has 0 aliphatic heterocycles. The summed E-state index contributed by atoms with van der Waals surface area (Å²) in [6, 6.07) is 9.97. The number of carbonyl (C=O) groups excluding carboxylic acids is 1. The van der Waals surface area contributed by atoms with Crippen LogP contribution in [0.25, 0.3) is 26.9 Å². The molecule has 148 valence electrons. The van der Waals surface area contributed by atoms with Crippen LogP contribution in [-0.4, -0.2) is 30.8 Å². The number of benzene rings is 2. The van der Waals surface area contributed by atoms with Crippen LogP contribution in [0.3, 0.4) is 0 Å². The number of amides is 2. The van der Waals surface area contributed by atoms with Crippen molar-refractivity contribution >= 4 is 44.5 Å². The van der Waals surface area contributed by atoms with E-state index in [1.165, 1.54) is 23.5 Å². The maximum atomic E-state index is 13.8. The van der Waals surface area contributed by atoms with Crippen molar-refractivity contribution in [3.05, 3.63) is 66.5 Å². The number of aromatic nitrogens is 1. The molecule has 29 heavy (non-hydrogen) atoms. The lowest BCUT2D eigenvalue weighted by atomic mass is 9.98. The molecule has 0 aliphatic rings. The Morgan fingerprint density at radius 3 is 2.83 bits per heavy atom. The number of nitrogens with one attached hydrogen (secondary N) is 2. The molecule has 2 N–H and O–H groups in total. The number of carbonyl (C=O) groups is 1. The minimum Gasteiger partial charge on any atom is -0.338 e. The molecule has 0 spiro atoms. The van der Waals surface area contributed by atoms with Crippen molar-refractivity contribution in [3.63, 3.8) is 0 Å². The molecule has 1 aromatic heterocycles. The molecule has 0 saturated heterocycles. The fraction of sp³-hybridized carbons (Fsp3) is 0.136. The van der Waals surface area contributed by atoms with E-state index in [1.807, 2.05) is 31.2 Å². The minimum absolute atomic E-state index is 0.307. The standard InChI is InChI=1S/C22H21FN4OS/c1-4-7-15(13-24-3)18-11-16(14-8-6-9-17(23)10-14)12-19-20(18)29-22(26-19)27-21(28)25-5-2/h4,6-13H,1,5H2,2-3H3,(H2,25,26,27,28)/b15-7+,24-13?. The Labute approximate surface area is 172 Å². The van der Waals surface area contributed by atoms with E-state index in [4.69, 9.17) is 0 Å². The molecule has 0 atom stereocenters. The first-order chi connectivity index (χ1) is 14.0. The molecule has 0 unspecified atom stereocenters. The van der Waals surface area contributed by atoms with Crippen LogP contribution in [0, 0.1) is 5.82 Å². The molecule has 0 fully saturated rings. The quantitative estimate of drug-likeness (QED) is 0.417. The molecular weight excluding hydrogens is 387 g/mol. The Balaban J connectivity index is 2.20. The number of allylic oxidation sites excluding steroid dienone is 3. The van der Waals surface area contributed by atoms with Gasteiger partial charge in [-0.1, -0.05) is 42.2 Å². The van der Waals surface area contributed by atoms with E-state index in [9.17, 15) is 9.18 Å². The van der Waals surface area contributed by atoms with Crippen LogP contribution in [0.1, 0.15) is 12.5 Å². The third kappa shape index (κ3) is 4.75. The third-order valence-corrected chi connectivity index (χ3v) is 5.10. The van der Waals surface area contributed by atoms with E-state index < -0.39 is 0 Å². The predicted molar refractivity (Wildman–Crippen MR) is 120 cm³/mol. The second kappa shape index (κ2) is 9.25. The summed E-state index contributed by atoms with van der Waals surface area (Å²) in [4.78, 5) is 20.6. The van der Waals surface area contributed by atoms with Gasteiger partial charge in [0, 0.05) is 30.9 Å². The smallest absolute Gasteiger partial charge is 0.321 e. The second-order valence-corrected chi connectivity index (χ2v) is 7.13. The Bertz CT molecular complexity index is 1120. The normalized spacial score (nSPS) is 11.8. The van der Waals surface area contributed by atoms with Crippen molar-refractivity contribution in [2.24, 2.45) is 4.99 Å². The number of hydrogen-bond donors (Lipinski definition) is 2. The highest BCUT2D eigenvalue weighted by molar-refractivity contribution is 7.22. The Morgan fingerprint density at radius 2 is 2.14 bits per heavy atom. The highest BCUT2D eigenvalue weighted by Crippen LogP contribution is 2.36. The fourth-order valence-electron chi connectivity index (χ4n) is 2.91. The van der Waals surface area contributed by atoms with Crippen LogP contribution in [-0.2, 0) is 0 Å². The zero-order valence-corrected chi connectivity index (χ0v) is 17.0. The summed E-state index contributed by atoms with van der Waals surface area (Å²) in [6.07, 6.45) is 5.28. The van der Waals surface area contributed by atoms with Crippen LogP contribution in [0.2, 0.25) is 0 Å². The first kappa shape index (κ1) is 20.4. The molecule has 1 heterocycles. The van der Waals surface area contributed by atoms with Crippen molar-refractivity contribution in [2.75, 3.05) is 18.9 Å². The minimum atomic E-state index is -0.310. The Morgan fingerprint density at radius 1 is 1.31 bits per heavy atom. The number of urea groups is 1. The highest BCUT2D eigenvalue weighted by atomic mass is 32.1. The third-order valence-electron chi connectivity index (χ3n) is 4.08. The van der Waals surface area contributed by atoms with Crippen LogP contribution in [0.4, 0.5) is 14.3 Å². The van der Waals surface area contributed by atoms with Gasteiger partial charge in [0.2, 0.25) is 0 Å².